The number of nitrogens with one attached hydrogen (secondary N) is 1. The zero-order chi connectivity index (χ0) is 10.7. The van der Waals surface area contributed by atoms with Crippen molar-refractivity contribution in [2.45, 2.75) is 6.42 Å². The fraction of sp³-hybridized carbons (Fsp3) is 0.273. The molecule has 0 fully saturated rings. The Balaban J connectivity index is 2.31. The lowest BCUT2D eigenvalue weighted by Gasteiger charge is -2.20. The van der Waals surface area contributed by atoms with E-state index < -0.39 is 0 Å². The first-order chi connectivity index (χ1) is 7.31. The molecule has 0 radical (unpaired) electrons. The van der Waals surface area contributed by atoms with Crippen LogP contribution in [0.3, 0.4) is 0 Å². The second-order valence-electron chi connectivity index (χ2n) is 3.48. The Bertz CT molecular complexity index is 387. The van der Waals surface area contributed by atoms with Crippen molar-refractivity contribution in [1.29, 1.82) is 0 Å². The predicted molar refractivity (Wildman–Crippen MR) is 56.3 cm³/mol. The second kappa shape index (κ2) is 4.23. The summed E-state index contributed by atoms with van der Waals surface area (Å²) in [5.41, 5.74) is 4.12. The van der Waals surface area contributed by atoms with Crippen molar-refractivity contribution >= 4 is 11.6 Å². The van der Waals surface area contributed by atoms with Gasteiger partial charge >= 0.3 is 0 Å². The Morgan fingerprint density at radius 2 is 2.13 bits per heavy atom. The van der Waals surface area contributed by atoms with Crippen molar-refractivity contribution in [3.05, 3.63) is 35.9 Å². The molecule has 0 saturated heterocycles. The highest BCUT2D eigenvalue weighted by molar-refractivity contribution is 6.05. The summed E-state index contributed by atoms with van der Waals surface area (Å²) < 4.78 is 0. The third-order valence-electron chi connectivity index (χ3n) is 2.41. The van der Waals surface area contributed by atoms with Crippen LogP contribution < -0.4 is 5.43 Å². The molecule has 0 bridgehead atoms. The number of hydrazone groups is 1. The van der Waals surface area contributed by atoms with Crippen LogP contribution in [-0.4, -0.2) is 23.3 Å². The Morgan fingerprint density at radius 1 is 1.40 bits per heavy atom. The number of rotatable bonds is 2. The van der Waals surface area contributed by atoms with Crippen molar-refractivity contribution in [3.63, 3.8) is 0 Å². The lowest BCUT2D eigenvalue weighted by Crippen LogP contribution is -2.35. The van der Waals surface area contributed by atoms with E-state index >= 15 is 0 Å². The molecule has 15 heavy (non-hydrogen) atoms. The van der Waals surface area contributed by atoms with Gasteiger partial charge in [-0.3, -0.25) is 4.79 Å². The smallest absolute Gasteiger partial charge is 0.240 e. The molecule has 4 nitrogen and oxygen atoms in total. The molecule has 2 N–H and O–H groups in total. The normalized spacial score (nSPS) is 20.7. The average Bonchev–Trinajstić information content (AvgIpc) is 2.30. The standard InChI is InChI=1S/C11H12N2O2/c14-7-9-6-10(15)12-13-11(9)8-4-2-1-3-5-8/h1-5,9,14H,6-7H2,(H,12,15)/t9-/m1/s1. The highest BCUT2D eigenvalue weighted by Crippen LogP contribution is 2.16. The van der Waals surface area contributed by atoms with Gasteiger partial charge in [-0.25, -0.2) is 5.43 Å². The molecule has 0 aromatic heterocycles. The molecule has 0 spiro atoms. The number of nitrogens with zero attached hydrogens (tertiary/aromatic N) is 1. The van der Waals surface area contributed by atoms with Gasteiger partial charge < -0.3 is 5.11 Å². The number of aliphatic hydroxyl groups is 1. The summed E-state index contributed by atoms with van der Waals surface area (Å²) in [6.07, 6.45) is 0.296. The van der Waals surface area contributed by atoms with E-state index in [4.69, 9.17) is 0 Å². The first-order valence-corrected chi connectivity index (χ1v) is 4.84. The van der Waals surface area contributed by atoms with Gasteiger partial charge in [0.1, 0.15) is 0 Å². The maximum atomic E-state index is 11.1. The van der Waals surface area contributed by atoms with Crippen LogP contribution in [0.4, 0.5) is 0 Å². The molecular formula is C11H12N2O2. The number of hydrogen-bond acceptors (Lipinski definition) is 3. The van der Waals surface area contributed by atoms with Gasteiger partial charge in [0.25, 0.3) is 0 Å². The van der Waals surface area contributed by atoms with E-state index in [0.717, 1.165) is 11.3 Å². The molecule has 2 rings (SSSR count). The summed E-state index contributed by atoms with van der Waals surface area (Å²) in [4.78, 5) is 11.1. The third kappa shape index (κ3) is 2.05. The Hall–Kier alpha value is -1.68. The van der Waals surface area contributed by atoms with Crippen molar-refractivity contribution < 1.29 is 9.90 Å². The number of hydrogen-bond donors (Lipinski definition) is 2. The predicted octanol–water partition coefficient (Wildman–Crippen LogP) is 0.519. The van der Waals surface area contributed by atoms with Crippen molar-refractivity contribution in [2.75, 3.05) is 6.61 Å². The lowest BCUT2D eigenvalue weighted by molar-refractivity contribution is -0.122. The summed E-state index contributed by atoms with van der Waals surface area (Å²) >= 11 is 0. The first-order valence-electron chi connectivity index (χ1n) is 4.84. The minimum absolute atomic E-state index is 0.0544. The number of benzene rings is 1. The molecule has 4 heteroatoms. The molecule has 78 valence electrons. The molecule has 1 aliphatic heterocycles. The molecule has 1 aliphatic rings. The molecule has 1 atom stereocenters. The van der Waals surface area contributed by atoms with Crippen molar-refractivity contribution in [2.24, 2.45) is 11.0 Å². The van der Waals surface area contributed by atoms with Gasteiger partial charge in [-0.15, -0.1) is 0 Å². The molecule has 1 amide bonds. The molecule has 1 heterocycles. The maximum Gasteiger partial charge on any atom is 0.240 e. The minimum Gasteiger partial charge on any atom is -0.396 e. The van der Waals surface area contributed by atoms with Gasteiger partial charge in [-0.2, -0.15) is 5.10 Å². The van der Waals surface area contributed by atoms with Crippen LogP contribution in [0.15, 0.2) is 35.4 Å². The van der Waals surface area contributed by atoms with E-state index in [-0.39, 0.29) is 18.4 Å². The average molecular weight is 204 g/mol. The van der Waals surface area contributed by atoms with Crippen LogP contribution in [0, 0.1) is 5.92 Å². The number of carbonyl (C=O) groups excluding carboxylic acids is 1. The van der Waals surface area contributed by atoms with Crippen LogP contribution in [0.25, 0.3) is 0 Å². The summed E-state index contributed by atoms with van der Waals surface area (Å²) in [5.74, 6) is -0.338. The monoisotopic (exact) mass is 204 g/mol. The quantitative estimate of drug-likeness (QED) is 0.737. The van der Waals surface area contributed by atoms with Gasteiger partial charge in [0.15, 0.2) is 0 Å². The lowest BCUT2D eigenvalue weighted by atomic mass is 9.93. The molecule has 0 saturated carbocycles. The van der Waals surface area contributed by atoms with Gasteiger partial charge in [-0.05, 0) is 5.56 Å². The summed E-state index contributed by atoms with van der Waals surface area (Å²) in [6.45, 7) is -0.0544. The van der Waals surface area contributed by atoms with E-state index in [2.05, 4.69) is 10.5 Å². The van der Waals surface area contributed by atoms with Crippen LogP contribution in [0.1, 0.15) is 12.0 Å². The van der Waals surface area contributed by atoms with E-state index in [0.29, 0.717) is 6.42 Å². The van der Waals surface area contributed by atoms with Crippen LogP contribution in [0.5, 0.6) is 0 Å². The number of amides is 1. The highest BCUT2D eigenvalue weighted by atomic mass is 16.3. The van der Waals surface area contributed by atoms with Gasteiger partial charge in [0.05, 0.1) is 12.3 Å². The van der Waals surface area contributed by atoms with E-state index in [1.165, 1.54) is 0 Å². The van der Waals surface area contributed by atoms with Gasteiger partial charge in [0.2, 0.25) is 5.91 Å². The number of aliphatic hydroxyl groups excluding tert-OH is 1. The van der Waals surface area contributed by atoms with Crippen molar-refractivity contribution in [3.8, 4) is 0 Å². The zero-order valence-corrected chi connectivity index (χ0v) is 8.18. The molecule has 0 aliphatic carbocycles. The molecule has 1 aromatic carbocycles. The molecular weight excluding hydrogens is 192 g/mol. The van der Waals surface area contributed by atoms with E-state index in [1.54, 1.807) is 0 Å². The summed E-state index contributed by atoms with van der Waals surface area (Å²) in [6, 6.07) is 9.56. The number of carbonyl (C=O) groups is 1. The first kappa shape index (κ1) is 9.86. The highest BCUT2D eigenvalue weighted by Gasteiger charge is 2.24. The van der Waals surface area contributed by atoms with E-state index in [1.807, 2.05) is 30.3 Å². The Morgan fingerprint density at radius 3 is 2.80 bits per heavy atom. The fourth-order valence-corrected chi connectivity index (χ4v) is 1.64. The summed E-state index contributed by atoms with van der Waals surface area (Å²) in [5, 5.41) is 13.2. The fourth-order valence-electron chi connectivity index (χ4n) is 1.64. The van der Waals surface area contributed by atoms with Crippen LogP contribution in [-0.2, 0) is 4.79 Å². The van der Waals surface area contributed by atoms with Crippen LogP contribution >= 0.6 is 0 Å². The van der Waals surface area contributed by atoms with Crippen LogP contribution in [0.2, 0.25) is 0 Å². The van der Waals surface area contributed by atoms with Gasteiger partial charge in [-0.1, -0.05) is 30.3 Å². The van der Waals surface area contributed by atoms with Crippen molar-refractivity contribution in [1.82, 2.24) is 5.43 Å². The largest absolute Gasteiger partial charge is 0.396 e. The SMILES string of the molecule is O=C1C[C@H](CO)C(c2ccccc2)=NN1. The van der Waals surface area contributed by atoms with Gasteiger partial charge in [0, 0.05) is 12.3 Å². The second-order valence-corrected chi connectivity index (χ2v) is 3.48. The Kier molecular flexibility index (Phi) is 2.78. The van der Waals surface area contributed by atoms with E-state index in [9.17, 15) is 9.90 Å². The molecule has 1 aromatic rings. The Labute approximate surface area is 87.6 Å². The maximum absolute atomic E-state index is 11.1. The third-order valence-corrected chi connectivity index (χ3v) is 2.41. The zero-order valence-electron chi connectivity index (χ0n) is 8.18. The topological polar surface area (TPSA) is 61.7 Å². The minimum atomic E-state index is -0.193. The summed E-state index contributed by atoms with van der Waals surface area (Å²) in [7, 11) is 0. The molecule has 0 unspecified atom stereocenters.